The molecule has 1 fully saturated rings. The van der Waals surface area contributed by atoms with Gasteiger partial charge < -0.3 is 5.73 Å². The second-order valence-corrected chi connectivity index (χ2v) is 6.36. The van der Waals surface area contributed by atoms with Crippen LogP contribution in [0.2, 0.25) is 0 Å². The van der Waals surface area contributed by atoms with Gasteiger partial charge in [-0.15, -0.1) is 0 Å². The Balaban J connectivity index is 2.04. The second-order valence-electron chi connectivity index (χ2n) is 5.29. The van der Waals surface area contributed by atoms with Crippen LogP contribution in [-0.4, -0.2) is 5.92 Å². The van der Waals surface area contributed by atoms with Gasteiger partial charge in [0.05, 0.1) is 0 Å². The largest absolute Gasteiger partial charge is 0.324 e. The van der Waals surface area contributed by atoms with Gasteiger partial charge in [-0.3, -0.25) is 0 Å². The number of halogens is 3. The number of benzene rings is 1. The van der Waals surface area contributed by atoms with E-state index in [1.165, 1.54) is 5.56 Å². The van der Waals surface area contributed by atoms with Crippen LogP contribution < -0.4 is 5.73 Å². The topological polar surface area (TPSA) is 26.0 Å². The number of alkyl halides is 2. The van der Waals surface area contributed by atoms with Crippen molar-refractivity contribution >= 4 is 22.6 Å². The normalized spacial score (nSPS) is 24.2. The first-order valence-electron chi connectivity index (χ1n) is 6.27. The minimum Gasteiger partial charge on any atom is -0.324 e. The van der Waals surface area contributed by atoms with E-state index in [0.29, 0.717) is 12.8 Å². The lowest BCUT2D eigenvalue weighted by atomic mass is 9.93. The molecule has 2 N–H and O–H groups in total. The van der Waals surface area contributed by atoms with Crippen molar-refractivity contribution in [3.05, 3.63) is 32.9 Å². The molecule has 2 rings (SSSR count). The zero-order chi connectivity index (χ0) is 13.3. The quantitative estimate of drug-likeness (QED) is 0.789. The van der Waals surface area contributed by atoms with E-state index in [4.69, 9.17) is 5.73 Å². The summed E-state index contributed by atoms with van der Waals surface area (Å²) in [4.78, 5) is 0. The van der Waals surface area contributed by atoms with Crippen molar-refractivity contribution in [2.45, 2.75) is 44.6 Å². The number of hydrogen-bond acceptors (Lipinski definition) is 1. The zero-order valence-corrected chi connectivity index (χ0v) is 12.6. The third kappa shape index (κ3) is 3.20. The molecular weight excluding hydrogens is 347 g/mol. The highest BCUT2D eigenvalue weighted by Gasteiger charge is 2.39. The molecule has 0 aliphatic heterocycles. The Bertz CT molecular complexity index is 434. The van der Waals surface area contributed by atoms with Crippen LogP contribution in [0, 0.1) is 16.4 Å². The lowest BCUT2D eigenvalue weighted by molar-refractivity contribution is 0.00446. The lowest BCUT2D eigenvalue weighted by Crippen LogP contribution is -2.17. The van der Waals surface area contributed by atoms with Crippen molar-refractivity contribution in [2.24, 2.45) is 11.7 Å². The first kappa shape index (κ1) is 14.2. The van der Waals surface area contributed by atoms with Crippen molar-refractivity contribution in [1.82, 2.24) is 0 Å². The van der Waals surface area contributed by atoms with E-state index in [0.717, 1.165) is 9.13 Å². The summed E-state index contributed by atoms with van der Waals surface area (Å²) in [6.45, 7) is 2.04. The molecule has 0 spiro atoms. The molecule has 1 aromatic carbocycles. The molecule has 0 radical (unpaired) electrons. The molecule has 0 amide bonds. The summed E-state index contributed by atoms with van der Waals surface area (Å²) >= 11 is 2.29. The molecule has 1 aliphatic carbocycles. The SMILES string of the molecule is Cc1cccc(C(N)CC2CCC(F)(F)C2)c1I. The van der Waals surface area contributed by atoms with Crippen LogP contribution in [0.1, 0.15) is 42.9 Å². The van der Waals surface area contributed by atoms with Crippen molar-refractivity contribution in [1.29, 1.82) is 0 Å². The van der Waals surface area contributed by atoms with Gasteiger partial charge in [0.25, 0.3) is 0 Å². The Morgan fingerprint density at radius 1 is 1.50 bits per heavy atom. The summed E-state index contributed by atoms with van der Waals surface area (Å²) in [5, 5.41) is 0. The summed E-state index contributed by atoms with van der Waals surface area (Å²) in [6.07, 6.45) is 1.29. The Hall–Kier alpha value is -0.230. The van der Waals surface area contributed by atoms with Gasteiger partial charge in [0, 0.05) is 22.5 Å². The van der Waals surface area contributed by atoms with Gasteiger partial charge in [-0.2, -0.15) is 0 Å². The molecule has 4 heteroatoms. The molecule has 2 unspecified atom stereocenters. The average Bonchev–Trinajstić information content (AvgIpc) is 2.62. The number of rotatable bonds is 3. The number of nitrogens with two attached hydrogens (primary N) is 1. The number of aryl methyl sites for hydroxylation is 1. The maximum Gasteiger partial charge on any atom is 0.248 e. The highest BCUT2D eigenvalue weighted by molar-refractivity contribution is 14.1. The molecule has 1 aliphatic rings. The summed E-state index contributed by atoms with van der Waals surface area (Å²) in [7, 11) is 0. The number of hydrogen-bond donors (Lipinski definition) is 1. The summed E-state index contributed by atoms with van der Waals surface area (Å²) in [5.41, 5.74) is 8.47. The van der Waals surface area contributed by atoms with E-state index >= 15 is 0 Å². The zero-order valence-electron chi connectivity index (χ0n) is 10.4. The minimum absolute atomic E-state index is 0.00307. The molecule has 0 saturated heterocycles. The maximum atomic E-state index is 13.1. The third-order valence-electron chi connectivity index (χ3n) is 3.71. The lowest BCUT2D eigenvalue weighted by Gasteiger charge is -2.19. The molecule has 0 bridgehead atoms. The van der Waals surface area contributed by atoms with Crippen molar-refractivity contribution in [2.75, 3.05) is 0 Å². The van der Waals surface area contributed by atoms with Gasteiger partial charge in [0.1, 0.15) is 0 Å². The Labute approximate surface area is 120 Å². The van der Waals surface area contributed by atoms with E-state index in [1.807, 2.05) is 25.1 Å². The van der Waals surface area contributed by atoms with Crippen LogP contribution in [-0.2, 0) is 0 Å². The fourth-order valence-electron chi connectivity index (χ4n) is 2.69. The van der Waals surface area contributed by atoms with Gasteiger partial charge in [-0.1, -0.05) is 18.2 Å². The third-order valence-corrected chi connectivity index (χ3v) is 5.19. The van der Waals surface area contributed by atoms with Crippen LogP contribution in [0.3, 0.4) is 0 Å². The summed E-state index contributed by atoms with van der Waals surface area (Å²) < 4.78 is 27.5. The molecule has 1 saturated carbocycles. The molecule has 100 valence electrons. The van der Waals surface area contributed by atoms with E-state index in [-0.39, 0.29) is 24.8 Å². The van der Waals surface area contributed by atoms with Crippen LogP contribution in [0.25, 0.3) is 0 Å². The highest BCUT2D eigenvalue weighted by Crippen LogP contribution is 2.42. The second kappa shape index (κ2) is 5.41. The van der Waals surface area contributed by atoms with Gasteiger partial charge in [-0.05, 0) is 59.4 Å². The average molecular weight is 365 g/mol. The summed E-state index contributed by atoms with van der Waals surface area (Å²) in [5.74, 6) is -2.41. The first-order chi connectivity index (χ1) is 8.39. The molecule has 0 heterocycles. The maximum absolute atomic E-state index is 13.1. The van der Waals surface area contributed by atoms with Gasteiger partial charge >= 0.3 is 0 Å². The predicted molar refractivity (Wildman–Crippen MR) is 77.7 cm³/mol. The van der Waals surface area contributed by atoms with Crippen molar-refractivity contribution < 1.29 is 8.78 Å². The van der Waals surface area contributed by atoms with E-state index in [1.54, 1.807) is 0 Å². The molecule has 2 atom stereocenters. The van der Waals surface area contributed by atoms with E-state index in [2.05, 4.69) is 22.6 Å². The standard InChI is InChI=1S/C14H18F2IN/c1-9-3-2-4-11(13(9)17)12(18)7-10-5-6-14(15,16)8-10/h2-4,10,12H,5-8,18H2,1H3. The van der Waals surface area contributed by atoms with E-state index < -0.39 is 5.92 Å². The van der Waals surface area contributed by atoms with Crippen LogP contribution in [0.4, 0.5) is 8.78 Å². The van der Waals surface area contributed by atoms with Crippen LogP contribution in [0.5, 0.6) is 0 Å². The predicted octanol–water partition coefficient (Wildman–Crippen LogP) is 4.42. The molecule has 0 aromatic heterocycles. The fourth-order valence-corrected chi connectivity index (χ4v) is 3.45. The highest BCUT2D eigenvalue weighted by atomic mass is 127. The van der Waals surface area contributed by atoms with E-state index in [9.17, 15) is 8.78 Å². The van der Waals surface area contributed by atoms with Crippen LogP contribution in [0.15, 0.2) is 18.2 Å². The molecular formula is C14H18F2IN. The molecule has 18 heavy (non-hydrogen) atoms. The monoisotopic (exact) mass is 365 g/mol. The Morgan fingerprint density at radius 2 is 2.22 bits per heavy atom. The smallest absolute Gasteiger partial charge is 0.248 e. The van der Waals surface area contributed by atoms with Gasteiger partial charge in [0.15, 0.2) is 0 Å². The Morgan fingerprint density at radius 3 is 2.83 bits per heavy atom. The van der Waals surface area contributed by atoms with Crippen molar-refractivity contribution in [3.63, 3.8) is 0 Å². The van der Waals surface area contributed by atoms with Crippen LogP contribution >= 0.6 is 22.6 Å². The summed E-state index contributed by atoms with van der Waals surface area (Å²) in [6, 6.07) is 5.90. The van der Waals surface area contributed by atoms with Gasteiger partial charge in [-0.25, -0.2) is 8.78 Å². The first-order valence-corrected chi connectivity index (χ1v) is 7.35. The molecule has 1 aromatic rings. The minimum atomic E-state index is -2.47. The molecule has 1 nitrogen and oxygen atoms in total. The van der Waals surface area contributed by atoms with Gasteiger partial charge in [0.2, 0.25) is 5.92 Å². The fraction of sp³-hybridized carbons (Fsp3) is 0.571. The Kier molecular flexibility index (Phi) is 4.26. The van der Waals surface area contributed by atoms with Crippen molar-refractivity contribution in [3.8, 4) is 0 Å².